The van der Waals surface area contributed by atoms with Gasteiger partial charge in [0.1, 0.15) is 0 Å². The highest BCUT2D eigenvalue weighted by Crippen LogP contribution is 2.41. The summed E-state index contributed by atoms with van der Waals surface area (Å²) in [5, 5.41) is 1.44. The molecule has 0 N–H and O–H groups in total. The highest BCUT2D eigenvalue weighted by atomic mass is 32.2. The summed E-state index contributed by atoms with van der Waals surface area (Å²) in [5.74, 6) is 0. The molecule has 2 aromatic carbocycles. The van der Waals surface area contributed by atoms with Crippen LogP contribution in [0.3, 0.4) is 0 Å². The van der Waals surface area contributed by atoms with Crippen molar-refractivity contribution < 1.29 is 5.48 Å². The second kappa shape index (κ2) is 6.59. The summed E-state index contributed by atoms with van der Waals surface area (Å²) in [4.78, 5) is 11.8. The second-order valence-corrected chi connectivity index (χ2v) is 7.24. The molecule has 0 fully saturated rings. The zero-order valence-corrected chi connectivity index (χ0v) is 15.0. The van der Waals surface area contributed by atoms with Crippen LogP contribution in [-0.2, 0) is 12.6 Å². The maximum Gasteiger partial charge on any atom is 0.0714 e. The number of rotatable bonds is 3. The van der Waals surface area contributed by atoms with Gasteiger partial charge in [-0.05, 0) is 18.3 Å². The molecule has 0 spiro atoms. The lowest BCUT2D eigenvalue weighted by atomic mass is 10.2. The lowest BCUT2D eigenvalue weighted by Gasteiger charge is -2.17. The molecule has 24 heavy (non-hydrogen) atoms. The number of thioether (sulfide) groups is 1. The van der Waals surface area contributed by atoms with E-state index >= 15 is 0 Å². The van der Waals surface area contributed by atoms with E-state index in [9.17, 15) is 0 Å². The van der Waals surface area contributed by atoms with E-state index in [4.69, 9.17) is 18.1 Å². The van der Waals surface area contributed by atoms with Gasteiger partial charge in [0.15, 0.2) is 0 Å². The molecule has 0 atom stereocenters. The van der Waals surface area contributed by atoms with Gasteiger partial charge in [-0.1, -0.05) is 48.1 Å². The Morgan fingerprint density at radius 3 is 2.25 bits per heavy atom. The number of hydrogen-bond donors (Lipinski definition) is 0. The van der Waals surface area contributed by atoms with Crippen LogP contribution in [0.2, 0.25) is 0 Å². The largest absolute Gasteiger partial charge is 0.777 e. The summed E-state index contributed by atoms with van der Waals surface area (Å²) in [6.07, 6.45) is 5.23. The zero-order chi connectivity index (χ0) is 20.0. The summed E-state index contributed by atoms with van der Waals surface area (Å²) in [7, 11) is 0. The molecule has 0 saturated heterocycles. The first kappa shape index (κ1) is 11.7. The summed E-state index contributed by atoms with van der Waals surface area (Å²) in [6.45, 7) is 0. The molecule has 2 nitrogen and oxygen atoms in total. The molecule has 0 bridgehead atoms. The van der Waals surface area contributed by atoms with Crippen LogP contribution in [-0.4, -0.2) is 16.2 Å². The molecule has 2 heterocycles. The third-order valence-electron chi connectivity index (χ3n) is 3.52. The fourth-order valence-corrected chi connectivity index (χ4v) is 4.69. The molecule has 4 rings (SSSR count). The Labute approximate surface area is 160 Å². The van der Waals surface area contributed by atoms with Crippen molar-refractivity contribution in [2.24, 2.45) is 0 Å². The van der Waals surface area contributed by atoms with E-state index in [-0.39, 0.29) is 24.2 Å². The molecule has 118 valence electrons. The van der Waals surface area contributed by atoms with Gasteiger partial charge in [0, 0.05) is 37.9 Å². The maximum atomic E-state index is 8.10. The van der Waals surface area contributed by atoms with Crippen molar-refractivity contribution in [1.82, 2.24) is 9.97 Å². The van der Waals surface area contributed by atoms with E-state index < -0.39 is 0 Å². The highest BCUT2D eigenvalue weighted by molar-refractivity contribution is 8.02. The highest BCUT2D eigenvalue weighted by Gasteiger charge is 2.11. The Morgan fingerprint density at radius 2 is 1.58 bits per heavy atom. The van der Waals surface area contributed by atoms with E-state index in [1.54, 1.807) is 24.5 Å². The Morgan fingerprint density at radius 1 is 0.958 bits per heavy atom. The minimum Gasteiger partial charge on any atom is -0.777 e. The topological polar surface area (TPSA) is 25.8 Å². The normalized spacial score (nSPS) is 13.5. The minimum absolute atomic E-state index is 0.193. The summed E-state index contributed by atoms with van der Waals surface area (Å²) < 4.78 is 32.1. The molecular formula is C19H13N2S3-. The second-order valence-electron chi connectivity index (χ2n) is 4.93. The SMILES string of the molecule is [2H]c1cc([2H])c2ncc([S-])c(Sc3cnc4c([2H])cc([2H])cc4c3SC)c2c1. The lowest BCUT2D eigenvalue weighted by Crippen LogP contribution is -1.89. The first-order valence-electron chi connectivity index (χ1n) is 9.08. The molecule has 5 heteroatoms. The van der Waals surface area contributed by atoms with E-state index in [0.717, 1.165) is 20.1 Å². The van der Waals surface area contributed by atoms with Crippen LogP contribution in [0.25, 0.3) is 21.8 Å². The minimum atomic E-state index is 0.193. The molecule has 0 amide bonds. The van der Waals surface area contributed by atoms with Crippen LogP contribution in [0.1, 0.15) is 5.48 Å². The van der Waals surface area contributed by atoms with Crippen molar-refractivity contribution in [3.8, 4) is 0 Å². The van der Waals surface area contributed by atoms with Crippen molar-refractivity contribution in [1.29, 1.82) is 0 Å². The summed E-state index contributed by atoms with van der Waals surface area (Å²) in [6, 6.07) is 7.27. The van der Waals surface area contributed by atoms with Gasteiger partial charge in [0.05, 0.1) is 16.5 Å². The fraction of sp³-hybridized carbons (Fsp3) is 0.0526. The number of nitrogens with zero attached hydrogens (tertiary/aromatic N) is 2. The van der Waals surface area contributed by atoms with E-state index in [0.29, 0.717) is 21.3 Å². The van der Waals surface area contributed by atoms with Crippen LogP contribution < -0.4 is 0 Å². The average Bonchev–Trinajstić information content (AvgIpc) is 2.63. The van der Waals surface area contributed by atoms with Crippen molar-refractivity contribution >= 4 is 58.0 Å². The molecule has 4 aromatic rings. The van der Waals surface area contributed by atoms with Gasteiger partial charge in [-0.2, -0.15) is 0 Å². The summed E-state index contributed by atoms with van der Waals surface area (Å²) >= 11 is 8.44. The Hall–Kier alpha value is -1.82. The van der Waals surface area contributed by atoms with Crippen molar-refractivity contribution in [2.45, 2.75) is 19.6 Å². The van der Waals surface area contributed by atoms with Crippen molar-refractivity contribution in [3.05, 3.63) is 60.8 Å². The Kier molecular flexibility index (Phi) is 3.21. The van der Waals surface area contributed by atoms with Gasteiger partial charge in [-0.3, -0.25) is 9.97 Å². The molecular weight excluding hydrogens is 352 g/mol. The summed E-state index contributed by atoms with van der Waals surface area (Å²) in [5.41, 5.74) is 1.07. The van der Waals surface area contributed by atoms with E-state index in [1.807, 2.05) is 6.26 Å². The predicted octanol–water partition coefficient (Wildman–Crippen LogP) is 5.56. The van der Waals surface area contributed by atoms with Crippen molar-refractivity contribution in [3.63, 3.8) is 0 Å². The quantitative estimate of drug-likeness (QED) is 0.348. The third kappa shape index (κ3) is 2.73. The van der Waals surface area contributed by atoms with Gasteiger partial charge in [-0.15, -0.1) is 16.7 Å². The molecule has 2 aromatic heterocycles. The molecule has 0 aliphatic rings. The van der Waals surface area contributed by atoms with E-state index in [1.165, 1.54) is 35.7 Å². The number of hydrogen-bond acceptors (Lipinski definition) is 5. The smallest absolute Gasteiger partial charge is 0.0714 e. The van der Waals surface area contributed by atoms with E-state index in [2.05, 4.69) is 9.97 Å². The predicted molar refractivity (Wildman–Crippen MR) is 105 cm³/mol. The van der Waals surface area contributed by atoms with Gasteiger partial charge >= 0.3 is 0 Å². The van der Waals surface area contributed by atoms with Crippen LogP contribution in [0.5, 0.6) is 0 Å². The van der Waals surface area contributed by atoms with Crippen LogP contribution in [0.4, 0.5) is 0 Å². The maximum absolute atomic E-state index is 8.10. The van der Waals surface area contributed by atoms with Gasteiger partial charge in [-0.25, -0.2) is 0 Å². The number of benzene rings is 2. The molecule has 0 unspecified atom stereocenters. The zero-order valence-electron chi connectivity index (χ0n) is 16.6. The Bertz CT molecular complexity index is 1250. The van der Waals surface area contributed by atoms with Gasteiger partial charge < -0.3 is 12.6 Å². The molecule has 0 aliphatic carbocycles. The third-order valence-corrected chi connectivity index (χ3v) is 6.11. The fourth-order valence-electron chi connectivity index (χ4n) is 2.45. The first-order valence-corrected chi connectivity index (χ1v) is 9.52. The van der Waals surface area contributed by atoms with Crippen LogP contribution >= 0.6 is 23.5 Å². The van der Waals surface area contributed by atoms with Crippen LogP contribution in [0.15, 0.2) is 80.4 Å². The van der Waals surface area contributed by atoms with Crippen LogP contribution in [0, 0.1) is 0 Å². The average molecular weight is 370 g/mol. The number of para-hydroxylation sites is 2. The molecule has 0 saturated carbocycles. The van der Waals surface area contributed by atoms with Gasteiger partial charge in [0.25, 0.3) is 0 Å². The standard InChI is InChI=1S/C19H14N2S3/c1-23-19-13-7-3-5-9-15(13)21-11-17(19)24-18-12-6-2-4-8-14(12)20-10-16(18)22/h2-11,22H,1H3/p-1/i2D,3D,8D,9D. The molecule has 0 radical (unpaired) electrons. The molecule has 0 aliphatic heterocycles. The number of pyridine rings is 2. The lowest BCUT2D eigenvalue weighted by molar-refractivity contribution is 1.17. The monoisotopic (exact) mass is 369 g/mol. The first-order chi connectivity index (χ1) is 13.4. The number of fused-ring (bicyclic) bond motifs is 2. The van der Waals surface area contributed by atoms with Crippen molar-refractivity contribution in [2.75, 3.05) is 6.26 Å². The number of aromatic nitrogens is 2. The Balaban J connectivity index is 1.95. The van der Waals surface area contributed by atoms with Gasteiger partial charge in [0.2, 0.25) is 0 Å².